The average molecular weight is 401 g/mol. The zero-order chi connectivity index (χ0) is 20.1. The number of fused-ring (bicyclic) bond motifs is 1. The van der Waals surface area contributed by atoms with E-state index in [0.29, 0.717) is 28.7 Å². The number of primary amides is 1. The Balaban J connectivity index is 1.72. The molecular formula is C21H24N2O4S. The van der Waals surface area contributed by atoms with E-state index in [1.165, 1.54) is 17.4 Å². The number of nitrogens with two attached hydrogens (primary N) is 1. The average Bonchev–Trinajstić information content (AvgIpc) is 3.25. The van der Waals surface area contributed by atoms with E-state index in [2.05, 4.69) is 5.32 Å². The van der Waals surface area contributed by atoms with Crippen LogP contribution < -0.4 is 20.5 Å². The maximum Gasteiger partial charge on any atom is 0.251 e. The van der Waals surface area contributed by atoms with Crippen molar-refractivity contribution in [2.75, 3.05) is 19.0 Å². The third-order valence-corrected chi connectivity index (χ3v) is 5.69. The van der Waals surface area contributed by atoms with Crippen molar-refractivity contribution in [1.82, 2.24) is 0 Å². The van der Waals surface area contributed by atoms with Crippen molar-refractivity contribution >= 4 is 34.2 Å². The molecule has 0 bridgehead atoms. The molecule has 1 aliphatic rings. The van der Waals surface area contributed by atoms with Crippen molar-refractivity contribution in [2.24, 2.45) is 5.73 Å². The lowest BCUT2D eigenvalue weighted by Gasteiger charge is -2.10. The fourth-order valence-electron chi connectivity index (χ4n) is 3.20. The molecule has 0 unspecified atom stereocenters. The number of methoxy groups -OCH3 is 1. The lowest BCUT2D eigenvalue weighted by molar-refractivity contribution is -0.111. The monoisotopic (exact) mass is 400 g/mol. The molecule has 28 heavy (non-hydrogen) atoms. The number of carbonyl (C=O) groups excluding carboxylic acids is 2. The first-order valence-corrected chi connectivity index (χ1v) is 10.1. The summed E-state index contributed by atoms with van der Waals surface area (Å²) in [6.07, 6.45) is 6.81. The highest BCUT2D eigenvalue weighted by Gasteiger charge is 2.25. The molecule has 1 aromatic heterocycles. The highest BCUT2D eigenvalue weighted by Crippen LogP contribution is 2.38. The summed E-state index contributed by atoms with van der Waals surface area (Å²) in [5.41, 5.74) is 7.78. The van der Waals surface area contributed by atoms with Crippen molar-refractivity contribution in [3.05, 3.63) is 45.8 Å². The van der Waals surface area contributed by atoms with Gasteiger partial charge in [0.05, 0.1) is 19.3 Å². The van der Waals surface area contributed by atoms with Crippen molar-refractivity contribution in [1.29, 1.82) is 0 Å². The quantitative estimate of drug-likeness (QED) is 0.660. The van der Waals surface area contributed by atoms with Gasteiger partial charge >= 0.3 is 0 Å². The minimum atomic E-state index is -0.494. The molecular weight excluding hydrogens is 376 g/mol. The van der Waals surface area contributed by atoms with Crippen molar-refractivity contribution in [2.45, 2.75) is 32.6 Å². The molecule has 0 saturated carbocycles. The smallest absolute Gasteiger partial charge is 0.251 e. The van der Waals surface area contributed by atoms with Gasteiger partial charge in [-0.25, -0.2) is 0 Å². The first-order chi connectivity index (χ1) is 13.5. The Bertz CT molecular complexity index is 917. The molecule has 3 N–H and O–H groups in total. The molecule has 0 atom stereocenters. The molecule has 6 nitrogen and oxygen atoms in total. The van der Waals surface area contributed by atoms with Gasteiger partial charge in [-0.05, 0) is 55.0 Å². The molecule has 2 aromatic rings. The minimum absolute atomic E-state index is 0.312. The Hall–Kier alpha value is -2.80. The SMILES string of the molecule is CCCOc1ccc(/C=C/C(=O)Nc2sc3c(c2C(N)=O)CCC3)cc1OC. The zero-order valence-corrected chi connectivity index (χ0v) is 16.9. The predicted molar refractivity (Wildman–Crippen MR) is 111 cm³/mol. The topological polar surface area (TPSA) is 90.6 Å². The van der Waals surface area contributed by atoms with Gasteiger partial charge in [0.1, 0.15) is 5.00 Å². The fourth-order valence-corrected chi connectivity index (χ4v) is 4.50. The van der Waals surface area contributed by atoms with Gasteiger partial charge in [0.2, 0.25) is 5.91 Å². The van der Waals surface area contributed by atoms with Crippen LogP contribution in [-0.4, -0.2) is 25.5 Å². The zero-order valence-electron chi connectivity index (χ0n) is 16.0. The van der Waals surface area contributed by atoms with Gasteiger partial charge < -0.3 is 20.5 Å². The minimum Gasteiger partial charge on any atom is -0.493 e. The first kappa shape index (κ1) is 19.9. The number of hydrogen-bond donors (Lipinski definition) is 2. The molecule has 1 aliphatic carbocycles. The molecule has 1 aromatic carbocycles. The molecule has 0 aliphatic heterocycles. The Kier molecular flexibility index (Phi) is 6.36. The third-order valence-electron chi connectivity index (χ3n) is 4.48. The number of carbonyl (C=O) groups is 2. The largest absolute Gasteiger partial charge is 0.493 e. The fraction of sp³-hybridized carbons (Fsp3) is 0.333. The summed E-state index contributed by atoms with van der Waals surface area (Å²) in [7, 11) is 1.58. The Morgan fingerprint density at radius 2 is 2.11 bits per heavy atom. The normalized spacial score (nSPS) is 12.8. The number of anilines is 1. The molecule has 0 spiro atoms. The van der Waals surface area contributed by atoms with E-state index in [-0.39, 0.29) is 5.91 Å². The first-order valence-electron chi connectivity index (χ1n) is 9.27. The van der Waals surface area contributed by atoms with Crippen molar-refractivity contribution < 1.29 is 19.1 Å². The summed E-state index contributed by atoms with van der Waals surface area (Å²) >= 11 is 1.44. The number of ether oxygens (including phenoxy) is 2. The van der Waals surface area contributed by atoms with Gasteiger partial charge in [0, 0.05) is 11.0 Å². The summed E-state index contributed by atoms with van der Waals surface area (Å²) in [6, 6.07) is 5.48. The van der Waals surface area contributed by atoms with E-state index in [0.717, 1.165) is 41.7 Å². The number of rotatable bonds is 8. The van der Waals surface area contributed by atoms with Crippen LogP contribution >= 0.6 is 11.3 Å². The number of hydrogen-bond acceptors (Lipinski definition) is 5. The van der Waals surface area contributed by atoms with Crippen LogP contribution in [0.2, 0.25) is 0 Å². The second-order valence-electron chi connectivity index (χ2n) is 6.51. The number of benzene rings is 1. The predicted octanol–water partition coefficient (Wildman–Crippen LogP) is 3.79. The maximum absolute atomic E-state index is 12.4. The Morgan fingerprint density at radius 1 is 1.29 bits per heavy atom. The standard InChI is InChI=1S/C21H24N2O4S/c1-3-11-27-15-9-7-13(12-16(15)26-2)8-10-18(24)23-21-19(20(22)25)14-5-4-6-17(14)28-21/h7-10,12H,3-6,11H2,1-2H3,(H2,22,25)(H,23,24)/b10-8+. The molecule has 0 fully saturated rings. The molecule has 3 rings (SSSR count). The number of amides is 2. The third kappa shape index (κ3) is 4.36. The van der Waals surface area contributed by atoms with Crippen LogP contribution in [0.5, 0.6) is 11.5 Å². The van der Waals surface area contributed by atoms with Gasteiger partial charge in [-0.15, -0.1) is 11.3 Å². The second-order valence-corrected chi connectivity index (χ2v) is 7.61. The molecule has 148 valence electrons. The lowest BCUT2D eigenvalue weighted by atomic mass is 10.1. The summed E-state index contributed by atoms with van der Waals surface area (Å²) in [5, 5.41) is 3.33. The van der Waals surface area contributed by atoms with Crippen molar-refractivity contribution in [3.63, 3.8) is 0 Å². The molecule has 1 heterocycles. The van der Waals surface area contributed by atoms with Crippen LogP contribution in [0.25, 0.3) is 6.08 Å². The van der Waals surface area contributed by atoms with Crippen LogP contribution in [0.1, 0.15) is 46.1 Å². The van der Waals surface area contributed by atoms with Gasteiger partial charge in [-0.3, -0.25) is 9.59 Å². The lowest BCUT2D eigenvalue weighted by Crippen LogP contribution is -2.16. The van der Waals surface area contributed by atoms with Crippen LogP contribution in [0, 0.1) is 0 Å². The van der Waals surface area contributed by atoms with Gasteiger partial charge in [-0.2, -0.15) is 0 Å². The van der Waals surface area contributed by atoms with E-state index in [1.54, 1.807) is 13.2 Å². The van der Waals surface area contributed by atoms with Crippen LogP contribution in [-0.2, 0) is 17.6 Å². The summed E-state index contributed by atoms with van der Waals surface area (Å²) in [6.45, 7) is 2.65. The summed E-state index contributed by atoms with van der Waals surface area (Å²) in [4.78, 5) is 25.3. The highest BCUT2D eigenvalue weighted by molar-refractivity contribution is 7.17. The van der Waals surface area contributed by atoms with E-state index >= 15 is 0 Å². The van der Waals surface area contributed by atoms with Gasteiger partial charge in [-0.1, -0.05) is 13.0 Å². The highest BCUT2D eigenvalue weighted by atomic mass is 32.1. The van der Waals surface area contributed by atoms with E-state index in [4.69, 9.17) is 15.2 Å². The number of nitrogens with one attached hydrogen (secondary N) is 1. The van der Waals surface area contributed by atoms with E-state index < -0.39 is 5.91 Å². The van der Waals surface area contributed by atoms with Crippen molar-refractivity contribution in [3.8, 4) is 11.5 Å². The number of thiophene rings is 1. The van der Waals surface area contributed by atoms with Crippen LogP contribution in [0.15, 0.2) is 24.3 Å². The molecule has 7 heteroatoms. The molecule has 2 amide bonds. The molecule has 0 saturated heterocycles. The number of aryl methyl sites for hydroxylation is 1. The Labute approximate surface area is 168 Å². The summed E-state index contributed by atoms with van der Waals surface area (Å²) < 4.78 is 11.0. The Morgan fingerprint density at radius 3 is 2.82 bits per heavy atom. The van der Waals surface area contributed by atoms with Crippen LogP contribution in [0.4, 0.5) is 5.00 Å². The van der Waals surface area contributed by atoms with E-state index in [9.17, 15) is 9.59 Å². The van der Waals surface area contributed by atoms with Gasteiger partial charge in [0.25, 0.3) is 5.91 Å². The summed E-state index contributed by atoms with van der Waals surface area (Å²) in [5.74, 6) is 0.477. The van der Waals surface area contributed by atoms with E-state index in [1.807, 2.05) is 25.1 Å². The van der Waals surface area contributed by atoms with Crippen LogP contribution in [0.3, 0.4) is 0 Å². The molecule has 0 radical (unpaired) electrons. The second kappa shape index (κ2) is 8.93. The maximum atomic E-state index is 12.4. The van der Waals surface area contributed by atoms with Gasteiger partial charge in [0.15, 0.2) is 11.5 Å².